The highest BCUT2D eigenvalue weighted by Crippen LogP contribution is 2.49. The summed E-state index contributed by atoms with van der Waals surface area (Å²) in [5.74, 6) is 0. The Kier molecular flexibility index (Phi) is 8.80. The molecule has 3 heteroatoms. The van der Waals surface area contributed by atoms with Gasteiger partial charge in [-0.15, -0.1) is 0 Å². The summed E-state index contributed by atoms with van der Waals surface area (Å²) in [7, 11) is 0. The lowest BCUT2D eigenvalue weighted by Crippen LogP contribution is -2.39. The molecule has 0 amide bonds. The molecule has 1 aliphatic carbocycles. The van der Waals surface area contributed by atoms with Crippen molar-refractivity contribution in [2.24, 2.45) is 5.73 Å². The third-order valence-corrected chi connectivity index (χ3v) is 12.2. The van der Waals surface area contributed by atoms with Crippen LogP contribution in [0.2, 0.25) is 0 Å². The quantitative estimate of drug-likeness (QED) is 0.0786. The minimum Gasteiger partial charge on any atom is -0.312 e. The number of rotatable bonds is 9. The highest BCUT2D eigenvalue weighted by molar-refractivity contribution is 6.27. The Morgan fingerprint density at radius 1 is 0.491 bits per heavy atom. The van der Waals surface area contributed by atoms with Gasteiger partial charge < -0.3 is 5.73 Å². The molecule has 2 atom stereocenters. The maximum Gasteiger partial charge on any atom is 0.0852 e. The summed E-state index contributed by atoms with van der Waals surface area (Å²) in [6, 6.07) is 68.2. The summed E-state index contributed by atoms with van der Waals surface area (Å²) < 4.78 is 0. The maximum absolute atomic E-state index is 6.87. The van der Waals surface area contributed by atoms with E-state index >= 15 is 0 Å². The van der Waals surface area contributed by atoms with Crippen LogP contribution in [0.4, 0.5) is 0 Å². The molecule has 1 aliphatic rings. The second kappa shape index (κ2) is 14.3. The molecule has 57 heavy (non-hydrogen) atoms. The molecule has 0 fully saturated rings. The van der Waals surface area contributed by atoms with Gasteiger partial charge in [0.25, 0.3) is 0 Å². The third kappa shape index (κ3) is 6.12. The Hall–Kier alpha value is -6.36. The molecule has 0 bridgehead atoms. The van der Waals surface area contributed by atoms with Crippen LogP contribution < -0.4 is 16.4 Å². The standard InChI is InChI=1S/C54H45N3/c1-54(2)47-24-14-13-21-42(47)43-31-25-35(33-48(43)54)34-56-53(57-52(55)39-18-7-4-8-19-39)40-28-26-38(27-29-40)50-45-23-12-11-22-44(45)49(37-16-5-3-6-17-37)46-32-30-36-15-9-10-20-41(36)51(46)50/h3-33,52-53,56-57H,34,55H2,1-2H3. The summed E-state index contributed by atoms with van der Waals surface area (Å²) in [6.45, 7) is 5.36. The third-order valence-electron chi connectivity index (χ3n) is 12.2. The predicted molar refractivity (Wildman–Crippen MR) is 240 cm³/mol. The number of nitrogens with one attached hydrogen (secondary N) is 2. The Morgan fingerprint density at radius 2 is 1.11 bits per heavy atom. The van der Waals surface area contributed by atoms with Crippen LogP contribution in [0.5, 0.6) is 0 Å². The fraction of sp³-hybridized carbons (Fsp3) is 0.111. The number of hydrogen-bond acceptors (Lipinski definition) is 3. The number of fused-ring (bicyclic) bond motifs is 7. The molecule has 9 aromatic rings. The van der Waals surface area contributed by atoms with Gasteiger partial charge in [0.15, 0.2) is 0 Å². The van der Waals surface area contributed by atoms with Gasteiger partial charge in [-0.2, -0.15) is 0 Å². The van der Waals surface area contributed by atoms with E-state index in [4.69, 9.17) is 5.73 Å². The Bertz CT molecular complexity index is 2910. The zero-order valence-corrected chi connectivity index (χ0v) is 32.3. The largest absolute Gasteiger partial charge is 0.312 e. The summed E-state index contributed by atoms with van der Waals surface area (Å²) in [5, 5.41) is 15.1. The molecule has 4 N–H and O–H groups in total. The fourth-order valence-electron chi connectivity index (χ4n) is 9.30. The monoisotopic (exact) mass is 735 g/mol. The van der Waals surface area contributed by atoms with E-state index in [0.717, 1.165) is 11.1 Å². The lowest BCUT2D eigenvalue weighted by atomic mass is 9.82. The molecule has 276 valence electrons. The summed E-state index contributed by atoms with van der Waals surface area (Å²) in [6.07, 6.45) is -0.566. The van der Waals surface area contributed by atoms with Gasteiger partial charge >= 0.3 is 0 Å². The molecule has 3 nitrogen and oxygen atoms in total. The smallest absolute Gasteiger partial charge is 0.0852 e. The van der Waals surface area contributed by atoms with Crippen molar-refractivity contribution in [3.63, 3.8) is 0 Å². The topological polar surface area (TPSA) is 50.1 Å². The van der Waals surface area contributed by atoms with Gasteiger partial charge in [0.1, 0.15) is 0 Å². The number of hydrogen-bond donors (Lipinski definition) is 3. The molecule has 9 aromatic carbocycles. The zero-order valence-electron chi connectivity index (χ0n) is 32.3. The van der Waals surface area contributed by atoms with Gasteiger partial charge in [0, 0.05) is 12.0 Å². The van der Waals surface area contributed by atoms with Gasteiger partial charge in [-0.25, -0.2) is 0 Å². The van der Waals surface area contributed by atoms with Crippen molar-refractivity contribution in [2.75, 3.05) is 0 Å². The maximum atomic E-state index is 6.87. The second-order valence-electron chi connectivity index (χ2n) is 15.9. The number of nitrogens with two attached hydrogens (primary N) is 1. The van der Waals surface area contributed by atoms with E-state index in [0.29, 0.717) is 6.54 Å². The molecule has 2 unspecified atom stereocenters. The fourth-order valence-corrected chi connectivity index (χ4v) is 9.30. The first-order chi connectivity index (χ1) is 28.0. The minimum atomic E-state index is -0.360. The highest BCUT2D eigenvalue weighted by atomic mass is 15.2. The van der Waals surface area contributed by atoms with Gasteiger partial charge in [0.05, 0.1) is 12.3 Å². The van der Waals surface area contributed by atoms with Crippen LogP contribution in [-0.4, -0.2) is 0 Å². The van der Waals surface area contributed by atoms with Gasteiger partial charge in [-0.3, -0.25) is 10.6 Å². The van der Waals surface area contributed by atoms with Gasteiger partial charge in [-0.1, -0.05) is 202 Å². The molecular formula is C54H45N3. The van der Waals surface area contributed by atoms with E-state index in [1.54, 1.807) is 0 Å². The zero-order chi connectivity index (χ0) is 38.5. The van der Waals surface area contributed by atoms with Crippen LogP contribution in [0, 0.1) is 0 Å². The average molecular weight is 736 g/mol. The van der Waals surface area contributed by atoms with Crippen LogP contribution >= 0.6 is 0 Å². The summed E-state index contributed by atoms with van der Waals surface area (Å²) in [5.41, 5.74) is 20.6. The first kappa shape index (κ1) is 35.1. The molecular weight excluding hydrogens is 691 g/mol. The molecule has 0 heterocycles. The summed E-state index contributed by atoms with van der Waals surface area (Å²) >= 11 is 0. The normalized spacial score (nSPS) is 14.1. The Morgan fingerprint density at radius 3 is 1.88 bits per heavy atom. The van der Waals surface area contributed by atoms with Crippen LogP contribution in [0.1, 0.15) is 54.0 Å². The van der Waals surface area contributed by atoms with E-state index < -0.39 is 0 Å². The van der Waals surface area contributed by atoms with Crippen molar-refractivity contribution in [2.45, 2.75) is 38.1 Å². The lowest BCUT2D eigenvalue weighted by molar-refractivity contribution is 0.386. The molecule has 0 saturated heterocycles. The van der Waals surface area contributed by atoms with Crippen LogP contribution in [0.3, 0.4) is 0 Å². The molecule has 0 spiro atoms. The molecule has 0 aliphatic heterocycles. The Balaban J connectivity index is 1.06. The second-order valence-corrected chi connectivity index (χ2v) is 15.9. The molecule has 0 saturated carbocycles. The Labute approximate surface area is 334 Å². The van der Waals surface area contributed by atoms with Crippen molar-refractivity contribution >= 4 is 32.3 Å². The minimum absolute atomic E-state index is 0.0515. The van der Waals surface area contributed by atoms with E-state index in [2.05, 4.69) is 194 Å². The molecule has 10 rings (SSSR count). The molecule has 0 aromatic heterocycles. The predicted octanol–water partition coefficient (Wildman–Crippen LogP) is 12.8. The van der Waals surface area contributed by atoms with Crippen molar-refractivity contribution in [1.82, 2.24) is 10.6 Å². The summed E-state index contributed by atoms with van der Waals surface area (Å²) in [4.78, 5) is 0. The first-order valence-electron chi connectivity index (χ1n) is 20.0. The van der Waals surface area contributed by atoms with Crippen molar-refractivity contribution < 1.29 is 0 Å². The number of benzene rings is 9. The van der Waals surface area contributed by atoms with E-state index in [-0.39, 0.29) is 17.7 Å². The first-order valence-corrected chi connectivity index (χ1v) is 20.0. The van der Waals surface area contributed by atoms with Gasteiger partial charge in [0.2, 0.25) is 0 Å². The van der Waals surface area contributed by atoms with E-state index in [1.165, 1.54) is 82.4 Å². The highest BCUT2D eigenvalue weighted by Gasteiger charge is 2.35. The molecule has 0 radical (unpaired) electrons. The van der Waals surface area contributed by atoms with Crippen molar-refractivity contribution in [1.29, 1.82) is 0 Å². The van der Waals surface area contributed by atoms with Crippen molar-refractivity contribution in [3.05, 3.63) is 216 Å². The van der Waals surface area contributed by atoms with Gasteiger partial charge in [-0.05, 0) is 93.5 Å². The van der Waals surface area contributed by atoms with E-state index in [9.17, 15) is 0 Å². The van der Waals surface area contributed by atoms with E-state index in [1.807, 2.05) is 18.2 Å². The average Bonchev–Trinajstić information content (AvgIpc) is 3.50. The van der Waals surface area contributed by atoms with Crippen LogP contribution in [0.25, 0.3) is 65.7 Å². The lowest BCUT2D eigenvalue weighted by Gasteiger charge is -2.26. The van der Waals surface area contributed by atoms with Crippen molar-refractivity contribution in [3.8, 4) is 33.4 Å². The van der Waals surface area contributed by atoms with Crippen LogP contribution in [-0.2, 0) is 12.0 Å². The van der Waals surface area contributed by atoms with Crippen LogP contribution in [0.15, 0.2) is 188 Å². The SMILES string of the molecule is CC1(C)c2ccccc2-c2ccc(CNC(NC(N)c3ccccc3)c3ccc(-c4c5ccccc5c(-c5ccccc5)c5ccc6ccccc6c45)cc3)cc21.